The second-order valence-electron chi connectivity index (χ2n) is 6.08. The molecule has 0 amide bonds. The molecule has 1 aromatic rings. The van der Waals surface area contributed by atoms with E-state index in [4.69, 9.17) is 5.73 Å². The fraction of sp³-hybridized carbons (Fsp3) is 0.625. The van der Waals surface area contributed by atoms with Crippen LogP contribution >= 0.6 is 0 Å². The molecule has 19 heavy (non-hydrogen) atoms. The third-order valence-electron chi connectivity index (χ3n) is 4.81. The van der Waals surface area contributed by atoms with Gasteiger partial charge >= 0.3 is 0 Å². The van der Waals surface area contributed by atoms with E-state index in [1.165, 1.54) is 44.6 Å². The van der Waals surface area contributed by atoms with Crippen LogP contribution in [0.2, 0.25) is 0 Å². The zero-order valence-electron chi connectivity index (χ0n) is 11.4. The predicted octanol–water partition coefficient (Wildman–Crippen LogP) is 3.56. The molecule has 3 rings (SSSR count). The van der Waals surface area contributed by atoms with Gasteiger partial charge in [0.25, 0.3) is 0 Å². The van der Waals surface area contributed by atoms with Crippen molar-refractivity contribution in [3.05, 3.63) is 29.6 Å². The molecule has 2 nitrogen and oxygen atoms in total. The Hall–Kier alpha value is -1.09. The predicted molar refractivity (Wildman–Crippen MR) is 76.2 cm³/mol. The zero-order chi connectivity index (χ0) is 13.2. The highest BCUT2D eigenvalue weighted by atomic mass is 19.1. The molecule has 1 aliphatic carbocycles. The lowest BCUT2D eigenvalue weighted by Gasteiger charge is -2.44. The topological polar surface area (TPSA) is 29.3 Å². The van der Waals surface area contributed by atoms with Crippen molar-refractivity contribution in [1.29, 1.82) is 0 Å². The Morgan fingerprint density at radius 1 is 1.16 bits per heavy atom. The SMILES string of the molecule is Nc1ccc(CN2CCC[C@H]3CCCC[C@H]32)c(F)c1. The van der Waals surface area contributed by atoms with Crippen LogP contribution in [0.1, 0.15) is 44.1 Å². The third kappa shape index (κ3) is 2.76. The van der Waals surface area contributed by atoms with Gasteiger partial charge in [-0.25, -0.2) is 4.39 Å². The number of piperidine rings is 1. The van der Waals surface area contributed by atoms with Gasteiger partial charge in [0, 0.05) is 23.8 Å². The number of fused-ring (bicyclic) bond motifs is 1. The number of nitrogens with zero attached hydrogens (tertiary/aromatic N) is 1. The minimum atomic E-state index is -0.155. The molecule has 1 aliphatic heterocycles. The first-order valence-electron chi connectivity index (χ1n) is 7.52. The first-order valence-corrected chi connectivity index (χ1v) is 7.52. The number of anilines is 1. The van der Waals surface area contributed by atoms with Gasteiger partial charge in [-0.3, -0.25) is 4.90 Å². The Morgan fingerprint density at radius 3 is 2.79 bits per heavy atom. The summed E-state index contributed by atoms with van der Waals surface area (Å²) in [6.07, 6.45) is 8.00. The molecule has 2 N–H and O–H groups in total. The van der Waals surface area contributed by atoms with Crippen molar-refractivity contribution in [1.82, 2.24) is 4.90 Å². The smallest absolute Gasteiger partial charge is 0.129 e. The van der Waals surface area contributed by atoms with E-state index in [0.29, 0.717) is 11.7 Å². The molecule has 104 valence electrons. The molecule has 2 atom stereocenters. The van der Waals surface area contributed by atoms with Crippen LogP contribution < -0.4 is 5.73 Å². The summed E-state index contributed by atoms with van der Waals surface area (Å²) in [5, 5.41) is 0. The van der Waals surface area contributed by atoms with Crippen molar-refractivity contribution >= 4 is 5.69 Å². The lowest BCUT2D eigenvalue weighted by molar-refractivity contribution is 0.0539. The lowest BCUT2D eigenvalue weighted by Crippen LogP contribution is -2.46. The molecular weight excluding hydrogens is 239 g/mol. The first-order chi connectivity index (χ1) is 9.24. The van der Waals surface area contributed by atoms with Crippen molar-refractivity contribution in [2.75, 3.05) is 12.3 Å². The van der Waals surface area contributed by atoms with E-state index in [9.17, 15) is 4.39 Å². The lowest BCUT2D eigenvalue weighted by atomic mass is 9.78. The van der Waals surface area contributed by atoms with Crippen molar-refractivity contribution in [3.8, 4) is 0 Å². The molecule has 0 spiro atoms. The number of likely N-dealkylation sites (tertiary alicyclic amines) is 1. The average Bonchev–Trinajstić information content (AvgIpc) is 2.42. The van der Waals surface area contributed by atoms with Crippen LogP contribution in [0.25, 0.3) is 0 Å². The summed E-state index contributed by atoms with van der Waals surface area (Å²) in [6, 6.07) is 5.77. The third-order valence-corrected chi connectivity index (χ3v) is 4.81. The maximum atomic E-state index is 13.9. The van der Waals surface area contributed by atoms with Crippen molar-refractivity contribution in [2.24, 2.45) is 5.92 Å². The van der Waals surface area contributed by atoms with Gasteiger partial charge in [-0.15, -0.1) is 0 Å². The normalized spacial score (nSPS) is 28.1. The summed E-state index contributed by atoms with van der Waals surface area (Å²) in [5.41, 5.74) is 6.91. The Kier molecular flexibility index (Phi) is 3.74. The van der Waals surface area contributed by atoms with Crippen LogP contribution in [0, 0.1) is 11.7 Å². The number of halogens is 1. The Balaban J connectivity index is 1.74. The average molecular weight is 262 g/mol. The quantitative estimate of drug-likeness (QED) is 0.826. The number of hydrogen-bond donors (Lipinski definition) is 1. The molecule has 0 bridgehead atoms. The van der Waals surface area contributed by atoms with Gasteiger partial charge in [0.1, 0.15) is 5.82 Å². The van der Waals surface area contributed by atoms with Gasteiger partial charge in [-0.1, -0.05) is 18.9 Å². The van der Waals surface area contributed by atoms with Gasteiger partial charge in [0.15, 0.2) is 0 Å². The van der Waals surface area contributed by atoms with Crippen LogP contribution in [-0.4, -0.2) is 17.5 Å². The number of nitrogen functional groups attached to an aromatic ring is 1. The van der Waals surface area contributed by atoms with Crippen molar-refractivity contribution < 1.29 is 4.39 Å². The fourth-order valence-electron chi connectivity index (χ4n) is 3.83. The number of nitrogens with two attached hydrogens (primary N) is 1. The van der Waals surface area contributed by atoms with Crippen LogP contribution in [0.5, 0.6) is 0 Å². The molecular formula is C16H23FN2. The monoisotopic (exact) mass is 262 g/mol. The second kappa shape index (κ2) is 5.49. The molecule has 0 aromatic heterocycles. The largest absolute Gasteiger partial charge is 0.399 e. The Labute approximate surface area is 114 Å². The van der Waals surface area contributed by atoms with Gasteiger partial charge in [-0.05, 0) is 50.3 Å². The van der Waals surface area contributed by atoms with E-state index in [1.807, 2.05) is 6.07 Å². The highest BCUT2D eigenvalue weighted by molar-refractivity contribution is 5.40. The summed E-state index contributed by atoms with van der Waals surface area (Å²) in [5.74, 6) is 0.692. The van der Waals surface area contributed by atoms with Crippen LogP contribution in [0.3, 0.4) is 0 Å². The van der Waals surface area contributed by atoms with Crippen LogP contribution in [0.15, 0.2) is 18.2 Å². The van der Waals surface area contributed by atoms with Crippen LogP contribution in [-0.2, 0) is 6.54 Å². The Morgan fingerprint density at radius 2 is 1.95 bits per heavy atom. The standard InChI is InChI=1S/C16H23FN2/c17-15-10-14(18)8-7-13(15)11-19-9-3-5-12-4-1-2-6-16(12)19/h7-8,10,12,16H,1-6,9,11,18H2/t12-,16-/m1/s1. The molecule has 2 fully saturated rings. The van der Waals surface area contributed by atoms with Gasteiger partial charge in [0.05, 0.1) is 0 Å². The summed E-state index contributed by atoms with van der Waals surface area (Å²) in [4.78, 5) is 2.50. The number of benzene rings is 1. The summed E-state index contributed by atoms with van der Waals surface area (Å²) >= 11 is 0. The second-order valence-corrected chi connectivity index (χ2v) is 6.08. The van der Waals surface area contributed by atoms with Gasteiger partial charge in [0.2, 0.25) is 0 Å². The summed E-state index contributed by atoms with van der Waals surface area (Å²) < 4.78 is 13.9. The minimum Gasteiger partial charge on any atom is -0.399 e. The molecule has 1 aromatic carbocycles. The van der Waals surface area contributed by atoms with Gasteiger partial charge < -0.3 is 5.73 Å². The molecule has 1 heterocycles. The highest BCUT2D eigenvalue weighted by Gasteiger charge is 2.33. The summed E-state index contributed by atoms with van der Waals surface area (Å²) in [7, 11) is 0. The zero-order valence-corrected chi connectivity index (χ0v) is 11.4. The molecule has 0 unspecified atom stereocenters. The van der Waals surface area contributed by atoms with E-state index in [0.717, 1.165) is 24.6 Å². The number of hydrogen-bond acceptors (Lipinski definition) is 2. The van der Waals surface area contributed by atoms with Gasteiger partial charge in [-0.2, -0.15) is 0 Å². The van der Waals surface area contributed by atoms with Crippen LogP contribution in [0.4, 0.5) is 10.1 Å². The maximum absolute atomic E-state index is 13.9. The number of rotatable bonds is 2. The Bertz CT molecular complexity index is 444. The molecule has 1 saturated heterocycles. The van der Waals surface area contributed by atoms with E-state index in [2.05, 4.69) is 4.90 Å². The van der Waals surface area contributed by atoms with E-state index >= 15 is 0 Å². The summed E-state index contributed by atoms with van der Waals surface area (Å²) in [6.45, 7) is 1.86. The van der Waals surface area contributed by atoms with Crippen molar-refractivity contribution in [3.63, 3.8) is 0 Å². The molecule has 3 heteroatoms. The minimum absolute atomic E-state index is 0.155. The highest BCUT2D eigenvalue weighted by Crippen LogP contribution is 2.36. The molecule has 1 saturated carbocycles. The first kappa shape index (κ1) is 12.9. The molecule has 0 radical (unpaired) electrons. The molecule has 2 aliphatic rings. The maximum Gasteiger partial charge on any atom is 0.129 e. The fourth-order valence-corrected chi connectivity index (χ4v) is 3.83. The van der Waals surface area contributed by atoms with E-state index in [1.54, 1.807) is 6.07 Å². The van der Waals surface area contributed by atoms with Crippen molar-refractivity contribution in [2.45, 2.75) is 51.1 Å². The van der Waals surface area contributed by atoms with E-state index in [-0.39, 0.29) is 5.82 Å². The van der Waals surface area contributed by atoms with E-state index < -0.39 is 0 Å².